The van der Waals surface area contributed by atoms with Crippen LogP contribution in [0.1, 0.15) is 24.5 Å². The van der Waals surface area contributed by atoms with Gasteiger partial charge in [0.05, 0.1) is 5.56 Å². The number of hydrogen-bond acceptors (Lipinski definition) is 3. The number of rotatable bonds is 1. The van der Waals surface area contributed by atoms with Gasteiger partial charge in [0, 0.05) is 43.2 Å². The lowest BCUT2D eigenvalue weighted by atomic mass is 10.0. The summed E-state index contributed by atoms with van der Waals surface area (Å²) in [5, 5.41) is 0. The molecule has 0 N–H and O–H groups in total. The SMILES string of the molecule is CC(=O)N1CCCc2cc(-c3cncc(C(F)(F)F)c3)cnc21. The van der Waals surface area contributed by atoms with Gasteiger partial charge in [-0.2, -0.15) is 13.2 Å². The topological polar surface area (TPSA) is 46.1 Å². The minimum absolute atomic E-state index is 0.0908. The average molecular weight is 321 g/mol. The van der Waals surface area contributed by atoms with Crippen molar-refractivity contribution >= 4 is 11.7 Å². The zero-order valence-electron chi connectivity index (χ0n) is 12.4. The lowest BCUT2D eigenvalue weighted by Crippen LogP contribution is -2.34. The number of carbonyl (C=O) groups is 1. The number of hydrogen-bond donors (Lipinski definition) is 0. The van der Waals surface area contributed by atoms with E-state index in [1.165, 1.54) is 19.3 Å². The van der Waals surface area contributed by atoms with Crippen molar-refractivity contribution in [1.29, 1.82) is 0 Å². The standard InChI is InChI=1S/C16H14F3N3O/c1-10(23)22-4-2-3-11-5-12(8-21-15(11)22)13-6-14(9-20-7-13)16(17,18)19/h5-9H,2-4H2,1H3. The van der Waals surface area contributed by atoms with Crippen LogP contribution < -0.4 is 4.90 Å². The van der Waals surface area contributed by atoms with E-state index in [1.807, 2.05) is 0 Å². The summed E-state index contributed by atoms with van der Waals surface area (Å²) in [5.74, 6) is 0.499. The Bertz CT molecular complexity index is 758. The predicted molar refractivity (Wildman–Crippen MR) is 78.8 cm³/mol. The van der Waals surface area contributed by atoms with Crippen LogP contribution in [0.2, 0.25) is 0 Å². The normalized spacial score (nSPS) is 14.5. The smallest absolute Gasteiger partial charge is 0.297 e. The summed E-state index contributed by atoms with van der Waals surface area (Å²) >= 11 is 0. The van der Waals surface area contributed by atoms with Crippen LogP contribution in [-0.4, -0.2) is 22.4 Å². The van der Waals surface area contributed by atoms with Crippen LogP contribution in [0.5, 0.6) is 0 Å². The van der Waals surface area contributed by atoms with E-state index in [4.69, 9.17) is 0 Å². The van der Waals surface area contributed by atoms with Crippen molar-refractivity contribution in [3.05, 3.63) is 41.9 Å². The fraction of sp³-hybridized carbons (Fsp3) is 0.312. The quantitative estimate of drug-likeness (QED) is 0.808. The first-order valence-corrected chi connectivity index (χ1v) is 7.16. The highest BCUT2D eigenvalue weighted by molar-refractivity contribution is 5.91. The molecule has 0 radical (unpaired) electrons. The molecule has 0 saturated heterocycles. The Balaban J connectivity index is 2.01. The minimum atomic E-state index is -4.43. The highest BCUT2D eigenvalue weighted by Crippen LogP contribution is 2.33. The van der Waals surface area contributed by atoms with Gasteiger partial charge in [-0.1, -0.05) is 0 Å². The summed E-state index contributed by atoms with van der Waals surface area (Å²) in [5.41, 5.74) is 0.988. The first-order valence-electron chi connectivity index (χ1n) is 7.16. The third kappa shape index (κ3) is 3.04. The summed E-state index contributed by atoms with van der Waals surface area (Å²) in [6, 6.07) is 2.84. The molecule has 0 atom stereocenters. The Labute approximate surface area is 131 Å². The fourth-order valence-corrected chi connectivity index (χ4v) is 2.68. The minimum Gasteiger partial charge on any atom is -0.297 e. The Morgan fingerprint density at radius 3 is 2.61 bits per heavy atom. The summed E-state index contributed by atoms with van der Waals surface area (Å²) in [6.45, 7) is 2.08. The highest BCUT2D eigenvalue weighted by atomic mass is 19.4. The number of anilines is 1. The van der Waals surface area contributed by atoms with Gasteiger partial charge < -0.3 is 0 Å². The van der Waals surface area contributed by atoms with E-state index in [0.717, 1.165) is 30.7 Å². The van der Waals surface area contributed by atoms with E-state index >= 15 is 0 Å². The predicted octanol–water partition coefficient (Wildman–Crippen LogP) is 3.46. The van der Waals surface area contributed by atoms with Crippen molar-refractivity contribution in [2.45, 2.75) is 25.9 Å². The van der Waals surface area contributed by atoms with E-state index in [1.54, 1.807) is 11.0 Å². The van der Waals surface area contributed by atoms with E-state index in [-0.39, 0.29) is 5.91 Å². The maximum Gasteiger partial charge on any atom is 0.417 e. The van der Waals surface area contributed by atoms with E-state index in [0.29, 0.717) is 23.5 Å². The highest BCUT2D eigenvalue weighted by Gasteiger charge is 2.31. The van der Waals surface area contributed by atoms with Gasteiger partial charge in [0.1, 0.15) is 5.82 Å². The molecular weight excluding hydrogens is 307 g/mol. The van der Waals surface area contributed by atoms with Crippen LogP contribution in [0.15, 0.2) is 30.7 Å². The number of alkyl halides is 3. The first-order chi connectivity index (χ1) is 10.9. The second kappa shape index (κ2) is 5.64. The maximum atomic E-state index is 12.8. The molecule has 1 amide bonds. The van der Waals surface area contributed by atoms with Gasteiger partial charge in [-0.3, -0.25) is 14.7 Å². The van der Waals surface area contributed by atoms with Gasteiger partial charge in [-0.15, -0.1) is 0 Å². The Kier molecular flexibility index (Phi) is 3.79. The molecule has 0 bridgehead atoms. The third-order valence-electron chi connectivity index (χ3n) is 3.81. The summed E-state index contributed by atoms with van der Waals surface area (Å²) in [4.78, 5) is 21.2. The summed E-state index contributed by atoms with van der Waals surface area (Å²) < 4.78 is 38.4. The van der Waals surface area contributed by atoms with Crippen LogP contribution in [0.25, 0.3) is 11.1 Å². The van der Waals surface area contributed by atoms with E-state index in [2.05, 4.69) is 9.97 Å². The maximum absolute atomic E-state index is 12.8. The van der Waals surface area contributed by atoms with Crippen molar-refractivity contribution in [2.75, 3.05) is 11.4 Å². The number of aromatic nitrogens is 2. The fourth-order valence-electron chi connectivity index (χ4n) is 2.68. The molecule has 0 aromatic carbocycles. The van der Waals surface area contributed by atoms with Crippen LogP contribution >= 0.6 is 0 Å². The second-order valence-corrected chi connectivity index (χ2v) is 5.44. The molecule has 7 heteroatoms. The van der Waals surface area contributed by atoms with E-state index < -0.39 is 11.7 Å². The van der Waals surface area contributed by atoms with Crippen molar-refractivity contribution in [3.8, 4) is 11.1 Å². The molecular formula is C16H14F3N3O. The largest absolute Gasteiger partial charge is 0.417 e. The molecule has 1 aliphatic heterocycles. The molecule has 4 nitrogen and oxygen atoms in total. The molecule has 120 valence electrons. The van der Waals surface area contributed by atoms with Gasteiger partial charge in [-0.25, -0.2) is 4.98 Å². The van der Waals surface area contributed by atoms with Gasteiger partial charge in [0.15, 0.2) is 0 Å². The summed E-state index contributed by atoms with van der Waals surface area (Å²) in [7, 11) is 0. The number of nitrogens with zero attached hydrogens (tertiary/aromatic N) is 3. The van der Waals surface area contributed by atoms with Crippen molar-refractivity contribution in [1.82, 2.24) is 9.97 Å². The average Bonchev–Trinajstić information content (AvgIpc) is 2.53. The lowest BCUT2D eigenvalue weighted by molar-refractivity contribution is -0.137. The van der Waals surface area contributed by atoms with Gasteiger partial charge in [0.2, 0.25) is 5.91 Å². The monoisotopic (exact) mass is 321 g/mol. The van der Waals surface area contributed by atoms with Crippen molar-refractivity contribution in [3.63, 3.8) is 0 Å². The molecule has 0 aliphatic carbocycles. The van der Waals surface area contributed by atoms with E-state index in [9.17, 15) is 18.0 Å². The Morgan fingerprint density at radius 2 is 1.91 bits per heavy atom. The molecule has 23 heavy (non-hydrogen) atoms. The number of fused-ring (bicyclic) bond motifs is 1. The second-order valence-electron chi connectivity index (χ2n) is 5.44. The molecule has 1 aliphatic rings. The lowest BCUT2D eigenvalue weighted by Gasteiger charge is -2.27. The third-order valence-corrected chi connectivity index (χ3v) is 3.81. The molecule has 0 unspecified atom stereocenters. The van der Waals surface area contributed by atoms with Crippen LogP contribution in [-0.2, 0) is 17.4 Å². The van der Waals surface area contributed by atoms with Crippen LogP contribution in [0.3, 0.4) is 0 Å². The molecule has 0 saturated carbocycles. The molecule has 2 aromatic heterocycles. The van der Waals surface area contributed by atoms with Crippen molar-refractivity contribution in [2.24, 2.45) is 0 Å². The number of aryl methyl sites for hydroxylation is 1. The zero-order valence-corrected chi connectivity index (χ0v) is 12.4. The van der Waals surface area contributed by atoms with Gasteiger partial charge in [0.25, 0.3) is 0 Å². The Morgan fingerprint density at radius 1 is 1.17 bits per heavy atom. The van der Waals surface area contributed by atoms with Crippen LogP contribution in [0, 0.1) is 0 Å². The van der Waals surface area contributed by atoms with Gasteiger partial charge in [-0.05, 0) is 30.5 Å². The molecule has 0 spiro atoms. The zero-order chi connectivity index (χ0) is 16.6. The molecule has 0 fully saturated rings. The van der Waals surface area contributed by atoms with Crippen LogP contribution in [0.4, 0.5) is 19.0 Å². The van der Waals surface area contributed by atoms with Crippen molar-refractivity contribution < 1.29 is 18.0 Å². The summed E-state index contributed by atoms with van der Waals surface area (Å²) in [6.07, 6.45) is 0.773. The number of amides is 1. The molecule has 3 heterocycles. The number of pyridine rings is 2. The molecule has 2 aromatic rings. The van der Waals surface area contributed by atoms with Gasteiger partial charge >= 0.3 is 6.18 Å². The number of carbonyl (C=O) groups excluding carboxylic acids is 1. The Hall–Kier alpha value is -2.44. The molecule has 3 rings (SSSR count). The first kappa shape index (κ1) is 15.5. The number of halogens is 3.